The zero-order valence-electron chi connectivity index (χ0n) is 8.52. The molecular weight excluding hydrogens is 136 g/mol. The van der Waals surface area contributed by atoms with E-state index in [1.165, 1.54) is 6.42 Å². The van der Waals surface area contributed by atoms with E-state index in [1.54, 1.807) is 0 Å². The van der Waals surface area contributed by atoms with Crippen molar-refractivity contribution in [3.8, 4) is 0 Å². The van der Waals surface area contributed by atoms with Gasteiger partial charge in [0.1, 0.15) is 0 Å². The summed E-state index contributed by atoms with van der Waals surface area (Å²) in [5, 5.41) is 3.32. The van der Waals surface area contributed by atoms with Gasteiger partial charge in [-0.05, 0) is 33.5 Å². The Hall–Kier alpha value is -0.0800. The van der Waals surface area contributed by atoms with Crippen LogP contribution in [-0.2, 0) is 0 Å². The molecule has 0 radical (unpaired) electrons. The number of hydrogen-bond acceptors (Lipinski definition) is 2. The van der Waals surface area contributed by atoms with E-state index in [2.05, 4.69) is 38.2 Å². The second kappa shape index (κ2) is 5.56. The predicted molar refractivity (Wildman–Crippen MR) is 50.9 cm³/mol. The number of nitrogens with zero attached hydrogens (tertiary/aromatic N) is 1. The third-order valence-corrected chi connectivity index (χ3v) is 1.75. The molecule has 0 aromatic carbocycles. The molecule has 0 unspecified atom stereocenters. The Morgan fingerprint density at radius 3 is 2.09 bits per heavy atom. The van der Waals surface area contributed by atoms with E-state index in [1.807, 2.05) is 7.05 Å². The topological polar surface area (TPSA) is 15.3 Å². The number of nitrogens with one attached hydrogen (secondary N) is 1. The molecule has 2 heteroatoms. The minimum atomic E-state index is 0.644. The van der Waals surface area contributed by atoms with Gasteiger partial charge in [0.2, 0.25) is 0 Å². The smallest absolute Gasteiger partial charge is 0.0194 e. The number of rotatable bonds is 5. The Morgan fingerprint density at radius 1 is 1.27 bits per heavy atom. The molecule has 1 N–H and O–H groups in total. The summed E-state index contributed by atoms with van der Waals surface area (Å²) in [5.74, 6) is 0.785. The summed E-state index contributed by atoms with van der Waals surface area (Å²) in [6.07, 6.45) is 1.26. The molecule has 0 fully saturated rings. The molecule has 0 aromatic rings. The van der Waals surface area contributed by atoms with Crippen LogP contribution in [0.2, 0.25) is 0 Å². The van der Waals surface area contributed by atoms with Gasteiger partial charge in [-0.25, -0.2) is 0 Å². The van der Waals surface area contributed by atoms with Gasteiger partial charge in [-0.3, -0.25) is 0 Å². The molecule has 0 bridgehead atoms. The molecule has 0 heterocycles. The van der Waals surface area contributed by atoms with E-state index in [0.717, 1.165) is 12.5 Å². The summed E-state index contributed by atoms with van der Waals surface area (Å²) in [5.41, 5.74) is 0. The van der Waals surface area contributed by atoms with E-state index in [-0.39, 0.29) is 0 Å². The van der Waals surface area contributed by atoms with Gasteiger partial charge in [-0.15, -0.1) is 0 Å². The van der Waals surface area contributed by atoms with Gasteiger partial charge in [-0.1, -0.05) is 13.8 Å². The van der Waals surface area contributed by atoms with Crippen LogP contribution in [0.5, 0.6) is 0 Å². The SMILES string of the molecule is CN[C@@H](CC(C)C)CN(C)C. The maximum Gasteiger partial charge on any atom is 0.0194 e. The van der Waals surface area contributed by atoms with Crippen molar-refractivity contribution in [2.75, 3.05) is 27.7 Å². The first-order valence-corrected chi connectivity index (χ1v) is 4.38. The summed E-state index contributed by atoms with van der Waals surface area (Å²) in [6, 6.07) is 0.644. The number of likely N-dealkylation sites (N-methyl/N-ethyl adjacent to an activating group) is 2. The van der Waals surface area contributed by atoms with Crippen molar-refractivity contribution in [2.24, 2.45) is 5.92 Å². The van der Waals surface area contributed by atoms with Crippen LogP contribution in [0.15, 0.2) is 0 Å². The lowest BCUT2D eigenvalue weighted by Gasteiger charge is -2.21. The minimum Gasteiger partial charge on any atom is -0.316 e. The summed E-state index contributed by atoms with van der Waals surface area (Å²) in [6.45, 7) is 5.66. The van der Waals surface area contributed by atoms with Crippen molar-refractivity contribution in [2.45, 2.75) is 26.3 Å². The highest BCUT2D eigenvalue weighted by molar-refractivity contribution is 4.68. The monoisotopic (exact) mass is 158 g/mol. The number of hydrogen-bond donors (Lipinski definition) is 1. The molecule has 0 rings (SSSR count). The first-order chi connectivity index (χ1) is 5.06. The van der Waals surface area contributed by atoms with Crippen molar-refractivity contribution in [3.63, 3.8) is 0 Å². The maximum absolute atomic E-state index is 3.32. The molecule has 0 aliphatic heterocycles. The molecular formula is C9H22N2. The molecule has 2 nitrogen and oxygen atoms in total. The standard InChI is InChI=1S/C9H22N2/c1-8(2)6-9(10-3)7-11(4)5/h8-10H,6-7H2,1-5H3/t9-/m0/s1. The van der Waals surface area contributed by atoms with Crippen LogP contribution >= 0.6 is 0 Å². The molecule has 0 amide bonds. The lowest BCUT2D eigenvalue weighted by Crippen LogP contribution is -2.36. The molecule has 0 spiro atoms. The third-order valence-electron chi connectivity index (χ3n) is 1.75. The summed E-state index contributed by atoms with van der Waals surface area (Å²) in [4.78, 5) is 2.23. The van der Waals surface area contributed by atoms with Crippen LogP contribution < -0.4 is 5.32 Å². The van der Waals surface area contributed by atoms with Crippen LogP contribution in [0.25, 0.3) is 0 Å². The molecule has 0 aliphatic rings. The fourth-order valence-corrected chi connectivity index (χ4v) is 1.29. The van der Waals surface area contributed by atoms with Crippen LogP contribution in [0.4, 0.5) is 0 Å². The van der Waals surface area contributed by atoms with Crippen LogP contribution in [0.1, 0.15) is 20.3 Å². The van der Waals surface area contributed by atoms with Crippen molar-refractivity contribution in [1.82, 2.24) is 10.2 Å². The van der Waals surface area contributed by atoms with Crippen molar-refractivity contribution in [1.29, 1.82) is 0 Å². The van der Waals surface area contributed by atoms with Crippen LogP contribution in [-0.4, -0.2) is 38.6 Å². The Bertz CT molecular complexity index is 79.6. The highest BCUT2D eigenvalue weighted by Crippen LogP contribution is 2.04. The van der Waals surface area contributed by atoms with Crippen LogP contribution in [0.3, 0.4) is 0 Å². The van der Waals surface area contributed by atoms with Gasteiger partial charge in [-0.2, -0.15) is 0 Å². The van der Waals surface area contributed by atoms with E-state index in [4.69, 9.17) is 0 Å². The second-order valence-electron chi connectivity index (χ2n) is 3.88. The zero-order valence-corrected chi connectivity index (χ0v) is 8.52. The normalized spacial score (nSPS) is 14.5. The Labute approximate surface area is 71.0 Å². The largest absolute Gasteiger partial charge is 0.316 e. The fraction of sp³-hybridized carbons (Fsp3) is 1.00. The van der Waals surface area contributed by atoms with Crippen LogP contribution in [0, 0.1) is 5.92 Å². The van der Waals surface area contributed by atoms with Gasteiger partial charge in [0.25, 0.3) is 0 Å². The first kappa shape index (κ1) is 10.9. The van der Waals surface area contributed by atoms with Gasteiger partial charge < -0.3 is 10.2 Å². The van der Waals surface area contributed by atoms with Gasteiger partial charge in [0.05, 0.1) is 0 Å². The predicted octanol–water partition coefficient (Wildman–Crippen LogP) is 1.18. The van der Waals surface area contributed by atoms with Crippen molar-refractivity contribution in [3.05, 3.63) is 0 Å². The lowest BCUT2D eigenvalue weighted by molar-refractivity contribution is 0.317. The first-order valence-electron chi connectivity index (χ1n) is 4.38. The summed E-state index contributed by atoms with van der Waals surface area (Å²) < 4.78 is 0. The Kier molecular flexibility index (Phi) is 5.51. The van der Waals surface area contributed by atoms with Crippen molar-refractivity contribution < 1.29 is 0 Å². The Balaban J connectivity index is 3.58. The molecule has 0 saturated heterocycles. The quantitative estimate of drug-likeness (QED) is 0.646. The average Bonchev–Trinajstić information content (AvgIpc) is 1.84. The summed E-state index contributed by atoms with van der Waals surface area (Å²) >= 11 is 0. The molecule has 11 heavy (non-hydrogen) atoms. The van der Waals surface area contributed by atoms with Gasteiger partial charge in [0, 0.05) is 12.6 Å². The minimum absolute atomic E-state index is 0.644. The maximum atomic E-state index is 3.32. The lowest BCUT2D eigenvalue weighted by atomic mass is 10.0. The summed E-state index contributed by atoms with van der Waals surface area (Å²) in [7, 11) is 6.27. The average molecular weight is 158 g/mol. The Morgan fingerprint density at radius 2 is 1.82 bits per heavy atom. The van der Waals surface area contributed by atoms with E-state index >= 15 is 0 Å². The fourth-order valence-electron chi connectivity index (χ4n) is 1.29. The van der Waals surface area contributed by atoms with E-state index in [9.17, 15) is 0 Å². The van der Waals surface area contributed by atoms with Crippen molar-refractivity contribution >= 4 is 0 Å². The van der Waals surface area contributed by atoms with Gasteiger partial charge >= 0.3 is 0 Å². The molecule has 0 saturated carbocycles. The van der Waals surface area contributed by atoms with Gasteiger partial charge in [0.15, 0.2) is 0 Å². The molecule has 0 aromatic heterocycles. The van der Waals surface area contributed by atoms with E-state index in [0.29, 0.717) is 6.04 Å². The highest BCUT2D eigenvalue weighted by atomic mass is 15.1. The highest BCUT2D eigenvalue weighted by Gasteiger charge is 2.08. The zero-order chi connectivity index (χ0) is 8.85. The van der Waals surface area contributed by atoms with E-state index < -0.39 is 0 Å². The molecule has 1 atom stereocenters. The molecule has 68 valence electrons. The molecule has 0 aliphatic carbocycles. The second-order valence-corrected chi connectivity index (χ2v) is 3.88. The third kappa shape index (κ3) is 6.32.